The zero-order valence-electron chi connectivity index (χ0n) is 17.4. The minimum Gasteiger partial charge on any atom is -0.338 e. The molecule has 0 radical (unpaired) electrons. The number of urea groups is 1. The molecule has 3 fully saturated rings. The molecule has 2 aliphatic heterocycles. The van der Waals surface area contributed by atoms with Gasteiger partial charge >= 0.3 is 6.03 Å². The van der Waals surface area contributed by atoms with Crippen molar-refractivity contribution in [3.8, 4) is 0 Å². The van der Waals surface area contributed by atoms with E-state index in [1.807, 2.05) is 18.7 Å². The van der Waals surface area contributed by atoms with E-state index in [0.717, 1.165) is 18.5 Å². The number of likely N-dealkylation sites (tertiary alicyclic amines) is 1. The predicted molar refractivity (Wildman–Crippen MR) is 107 cm³/mol. The molecule has 3 aliphatic rings. The van der Waals surface area contributed by atoms with Gasteiger partial charge in [0.1, 0.15) is 5.54 Å². The Morgan fingerprint density at radius 2 is 1.90 bits per heavy atom. The monoisotopic (exact) mass is 401 g/mol. The Balaban J connectivity index is 1.47. The summed E-state index contributed by atoms with van der Waals surface area (Å²) in [5.41, 5.74) is 0.810. The highest BCUT2D eigenvalue weighted by atomic mass is 16.2. The van der Waals surface area contributed by atoms with Crippen LogP contribution in [0.4, 0.5) is 4.79 Å². The van der Waals surface area contributed by atoms with E-state index in [1.165, 1.54) is 19.3 Å². The maximum Gasteiger partial charge on any atom is 0.325 e. The maximum atomic E-state index is 13.2. The fraction of sp³-hybridized carbons (Fsp3) is 0.714. The lowest BCUT2D eigenvalue weighted by Gasteiger charge is -2.42. The maximum absolute atomic E-state index is 13.2. The van der Waals surface area contributed by atoms with Crippen LogP contribution < -0.4 is 5.32 Å². The Kier molecular flexibility index (Phi) is 5.36. The van der Waals surface area contributed by atoms with Crippen molar-refractivity contribution in [3.05, 3.63) is 17.5 Å². The lowest BCUT2D eigenvalue weighted by molar-refractivity contribution is -0.129. The van der Waals surface area contributed by atoms with Crippen molar-refractivity contribution in [1.82, 2.24) is 25.3 Å². The Labute approximate surface area is 171 Å². The minimum atomic E-state index is -0.819. The van der Waals surface area contributed by atoms with Crippen LogP contribution in [0.2, 0.25) is 0 Å². The van der Waals surface area contributed by atoms with E-state index in [1.54, 1.807) is 11.1 Å². The number of nitrogens with one attached hydrogen (secondary N) is 2. The third kappa shape index (κ3) is 3.53. The van der Waals surface area contributed by atoms with Gasteiger partial charge in [-0.2, -0.15) is 5.10 Å². The predicted octanol–water partition coefficient (Wildman–Crippen LogP) is 2.64. The second-order valence-electron chi connectivity index (χ2n) is 9.12. The highest BCUT2D eigenvalue weighted by Gasteiger charge is 2.54. The number of amides is 4. The van der Waals surface area contributed by atoms with Gasteiger partial charge in [-0.3, -0.25) is 20.0 Å². The fourth-order valence-electron chi connectivity index (χ4n) is 5.14. The van der Waals surface area contributed by atoms with Gasteiger partial charge in [-0.15, -0.1) is 0 Å². The van der Waals surface area contributed by atoms with Crippen molar-refractivity contribution in [2.24, 2.45) is 5.92 Å². The first-order valence-corrected chi connectivity index (χ1v) is 10.9. The lowest BCUT2D eigenvalue weighted by atomic mass is 9.84. The quantitative estimate of drug-likeness (QED) is 0.758. The Bertz CT molecular complexity index is 788. The first-order chi connectivity index (χ1) is 13.9. The molecular formula is C21H31N5O3. The van der Waals surface area contributed by atoms with Crippen LogP contribution >= 0.6 is 0 Å². The lowest BCUT2D eigenvalue weighted by Crippen LogP contribution is -2.58. The van der Waals surface area contributed by atoms with Crippen molar-refractivity contribution in [2.75, 3.05) is 19.6 Å². The summed E-state index contributed by atoms with van der Waals surface area (Å²) in [4.78, 5) is 41.7. The Hall–Kier alpha value is -2.38. The summed E-state index contributed by atoms with van der Waals surface area (Å²) in [5.74, 6) is 0.407. The van der Waals surface area contributed by atoms with Crippen molar-refractivity contribution < 1.29 is 14.4 Å². The summed E-state index contributed by atoms with van der Waals surface area (Å²) in [6, 6.07) is -0.308. The van der Waals surface area contributed by atoms with Crippen molar-refractivity contribution in [3.63, 3.8) is 0 Å². The van der Waals surface area contributed by atoms with Crippen molar-refractivity contribution in [2.45, 2.75) is 70.3 Å². The molecule has 1 spiro atoms. The third-order valence-corrected chi connectivity index (χ3v) is 6.74. The molecule has 2 saturated heterocycles. The molecule has 8 nitrogen and oxygen atoms in total. The molecule has 2 N–H and O–H groups in total. The molecule has 0 bridgehead atoms. The van der Waals surface area contributed by atoms with Crippen molar-refractivity contribution in [1.29, 1.82) is 0 Å². The van der Waals surface area contributed by atoms with E-state index in [0.29, 0.717) is 44.0 Å². The number of aromatic nitrogens is 2. The van der Waals surface area contributed by atoms with Gasteiger partial charge in [0.2, 0.25) is 0 Å². The smallest absolute Gasteiger partial charge is 0.325 e. The van der Waals surface area contributed by atoms with Gasteiger partial charge in [-0.1, -0.05) is 33.1 Å². The minimum absolute atomic E-state index is 0.0192. The number of carbonyl (C=O) groups excluding carboxylic acids is 3. The van der Waals surface area contributed by atoms with Gasteiger partial charge in [-0.25, -0.2) is 4.79 Å². The summed E-state index contributed by atoms with van der Waals surface area (Å²) in [6.45, 7) is 5.54. The summed E-state index contributed by atoms with van der Waals surface area (Å²) in [5, 5.41) is 9.72. The summed E-state index contributed by atoms with van der Waals surface area (Å²) in [6.07, 6.45) is 8.43. The normalized spacial score (nSPS) is 22.6. The van der Waals surface area contributed by atoms with Gasteiger partial charge < -0.3 is 9.80 Å². The van der Waals surface area contributed by atoms with Gasteiger partial charge in [0.25, 0.3) is 11.8 Å². The van der Waals surface area contributed by atoms with Crippen LogP contribution in [0.15, 0.2) is 6.20 Å². The van der Waals surface area contributed by atoms with Gasteiger partial charge in [-0.05, 0) is 31.6 Å². The number of imide groups is 1. The van der Waals surface area contributed by atoms with E-state index >= 15 is 0 Å². The van der Waals surface area contributed by atoms with Crippen molar-refractivity contribution >= 4 is 17.8 Å². The molecule has 8 heteroatoms. The first-order valence-electron chi connectivity index (χ1n) is 10.9. The second-order valence-corrected chi connectivity index (χ2v) is 9.12. The van der Waals surface area contributed by atoms with Crippen LogP contribution in [0.1, 0.15) is 80.8 Å². The number of nitrogens with zero attached hydrogens (tertiary/aromatic N) is 3. The van der Waals surface area contributed by atoms with Crippen LogP contribution in [0.5, 0.6) is 0 Å². The molecule has 0 atom stereocenters. The standard InChI is InChI=1S/C21H31N5O3/c1-14(2)13-26-20(29)23-19(28)21(26)8-10-25(11-9-21)18(27)16-12-22-24-17(16)15-6-4-3-5-7-15/h12,14-15H,3-11,13H2,1-2H3,(H,22,24)(H,23,28,29). The van der Waals surface area contributed by atoms with Gasteiger partial charge in [0.05, 0.1) is 17.5 Å². The van der Waals surface area contributed by atoms with E-state index in [4.69, 9.17) is 0 Å². The molecule has 1 aliphatic carbocycles. The van der Waals surface area contributed by atoms with E-state index < -0.39 is 5.54 Å². The Morgan fingerprint density at radius 3 is 2.55 bits per heavy atom. The number of hydrogen-bond acceptors (Lipinski definition) is 4. The number of piperidine rings is 1. The third-order valence-electron chi connectivity index (χ3n) is 6.74. The number of rotatable bonds is 4. The topological polar surface area (TPSA) is 98.4 Å². The fourth-order valence-corrected chi connectivity index (χ4v) is 5.14. The molecule has 0 unspecified atom stereocenters. The van der Waals surface area contributed by atoms with Crippen LogP contribution in [0, 0.1) is 5.92 Å². The molecule has 1 saturated carbocycles. The highest BCUT2D eigenvalue weighted by Crippen LogP contribution is 2.36. The largest absolute Gasteiger partial charge is 0.338 e. The van der Waals surface area contributed by atoms with E-state index in [2.05, 4.69) is 15.5 Å². The molecule has 3 heterocycles. The van der Waals surface area contributed by atoms with Crippen LogP contribution in [-0.2, 0) is 4.79 Å². The second kappa shape index (κ2) is 7.80. The van der Waals surface area contributed by atoms with Crippen LogP contribution in [-0.4, -0.2) is 63.0 Å². The molecule has 1 aromatic heterocycles. The number of H-pyrrole nitrogens is 1. The summed E-state index contributed by atoms with van der Waals surface area (Å²) >= 11 is 0. The van der Waals surface area contributed by atoms with E-state index in [9.17, 15) is 14.4 Å². The Morgan fingerprint density at radius 1 is 1.21 bits per heavy atom. The molecule has 1 aromatic rings. The zero-order valence-corrected chi connectivity index (χ0v) is 17.4. The first kappa shape index (κ1) is 19.9. The molecule has 158 valence electrons. The SMILES string of the molecule is CC(C)CN1C(=O)NC(=O)C12CCN(C(=O)c1cn[nH]c1C1CCCCC1)CC2. The zero-order chi connectivity index (χ0) is 20.6. The van der Waals surface area contributed by atoms with Gasteiger partial charge in [0, 0.05) is 25.6 Å². The van der Waals surface area contributed by atoms with Crippen LogP contribution in [0.3, 0.4) is 0 Å². The average Bonchev–Trinajstić information content (AvgIpc) is 3.28. The summed E-state index contributed by atoms with van der Waals surface area (Å²) < 4.78 is 0. The molecular weight excluding hydrogens is 370 g/mol. The van der Waals surface area contributed by atoms with E-state index in [-0.39, 0.29) is 23.8 Å². The molecule has 29 heavy (non-hydrogen) atoms. The molecule has 0 aromatic carbocycles. The average molecular weight is 402 g/mol. The number of aromatic amines is 1. The molecule has 4 amide bonds. The van der Waals surface area contributed by atoms with Crippen LogP contribution in [0.25, 0.3) is 0 Å². The highest BCUT2D eigenvalue weighted by molar-refractivity contribution is 6.07. The number of hydrogen-bond donors (Lipinski definition) is 2. The number of carbonyl (C=O) groups is 3. The summed E-state index contributed by atoms with van der Waals surface area (Å²) in [7, 11) is 0. The van der Waals surface area contributed by atoms with Gasteiger partial charge in [0.15, 0.2) is 0 Å². The molecule has 4 rings (SSSR count).